The van der Waals surface area contributed by atoms with Crippen molar-refractivity contribution in [2.75, 3.05) is 5.32 Å². The second-order valence-corrected chi connectivity index (χ2v) is 7.29. The van der Waals surface area contributed by atoms with E-state index in [1.165, 1.54) is 0 Å². The summed E-state index contributed by atoms with van der Waals surface area (Å²) in [6, 6.07) is 0.109. The Balaban J connectivity index is 1.89. The first kappa shape index (κ1) is 20.8. The second kappa shape index (κ2) is 7.49. The number of aromatic nitrogens is 3. The van der Waals surface area contributed by atoms with Gasteiger partial charge in [0.25, 0.3) is 5.92 Å². The highest BCUT2D eigenvalue weighted by atomic mass is 19.4. The van der Waals surface area contributed by atoms with Gasteiger partial charge in [0.1, 0.15) is 11.7 Å². The fourth-order valence-electron chi connectivity index (χ4n) is 2.77. The van der Waals surface area contributed by atoms with Crippen molar-refractivity contribution in [1.82, 2.24) is 15.0 Å². The predicted molar refractivity (Wildman–Crippen MR) is 88.2 cm³/mol. The van der Waals surface area contributed by atoms with Gasteiger partial charge in [-0.2, -0.15) is 23.1 Å². The van der Waals surface area contributed by atoms with Crippen LogP contribution in [0.1, 0.15) is 50.7 Å². The zero-order valence-corrected chi connectivity index (χ0v) is 15.0. The molecule has 2 N–H and O–H groups in total. The van der Waals surface area contributed by atoms with Crippen LogP contribution in [0.3, 0.4) is 0 Å². The van der Waals surface area contributed by atoms with E-state index in [1.807, 2.05) is 0 Å². The average molecular weight is 410 g/mol. The molecule has 5 nitrogen and oxygen atoms in total. The Morgan fingerprint density at radius 2 is 1.89 bits per heavy atom. The van der Waals surface area contributed by atoms with Crippen LogP contribution in [-0.4, -0.2) is 44.3 Å². The summed E-state index contributed by atoms with van der Waals surface area (Å²) in [5, 5.41) is 12.5. The standard InChI is InChI=1S/C17H20F6N4O/c1-8(17(21,22)23)2-5-11-25-14(27-15(26-11)24-9-3-4-9)10-6-7-16(19,20)13(28)12(10)18/h8-9,13,28H,2-7H2,1H3,(H,24,25,26,27)/t8-,13?/m0/s1. The first-order valence-corrected chi connectivity index (χ1v) is 9.00. The highest BCUT2D eigenvalue weighted by Crippen LogP contribution is 2.41. The summed E-state index contributed by atoms with van der Waals surface area (Å²) >= 11 is 0. The molecule has 11 heteroatoms. The van der Waals surface area contributed by atoms with Gasteiger partial charge >= 0.3 is 6.18 Å². The number of hydrogen-bond donors (Lipinski definition) is 2. The van der Waals surface area contributed by atoms with Crippen molar-refractivity contribution >= 4 is 11.5 Å². The van der Waals surface area contributed by atoms with Gasteiger partial charge in [-0.1, -0.05) is 6.92 Å². The Morgan fingerprint density at radius 3 is 2.50 bits per heavy atom. The molecular formula is C17H20F6N4O. The van der Waals surface area contributed by atoms with Crippen molar-refractivity contribution in [3.8, 4) is 0 Å². The Hall–Kier alpha value is -1.91. The van der Waals surface area contributed by atoms with Gasteiger partial charge < -0.3 is 10.4 Å². The van der Waals surface area contributed by atoms with Crippen LogP contribution in [0.5, 0.6) is 0 Å². The molecule has 156 valence electrons. The normalized spacial score (nSPS) is 23.6. The molecular weight excluding hydrogens is 390 g/mol. The zero-order chi connectivity index (χ0) is 20.7. The first-order valence-electron chi connectivity index (χ1n) is 9.00. The summed E-state index contributed by atoms with van der Waals surface area (Å²) < 4.78 is 79.5. The number of hydrogen-bond acceptors (Lipinski definition) is 5. The minimum absolute atomic E-state index is 0.0105. The summed E-state index contributed by atoms with van der Waals surface area (Å²) in [5.41, 5.74) is -0.273. The van der Waals surface area contributed by atoms with E-state index in [-0.39, 0.29) is 42.1 Å². The molecule has 2 atom stereocenters. The SMILES string of the molecule is C[C@@H](CCc1nc(NC2CC2)nc(C2=C(F)C(O)C(F)(F)CC2)n1)C(F)(F)F. The van der Waals surface area contributed by atoms with Crippen molar-refractivity contribution in [1.29, 1.82) is 0 Å². The highest BCUT2D eigenvalue weighted by molar-refractivity contribution is 5.65. The first-order chi connectivity index (χ1) is 13.0. The molecule has 0 aromatic carbocycles. The van der Waals surface area contributed by atoms with E-state index in [4.69, 9.17) is 0 Å². The number of halogens is 6. The minimum Gasteiger partial charge on any atom is -0.380 e. The molecule has 28 heavy (non-hydrogen) atoms. The number of nitrogens with zero attached hydrogens (tertiary/aromatic N) is 3. The van der Waals surface area contributed by atoms with E-state index < -0.39 is 42.8 Å². The van der Waals surface area contributed by atoms with Crippen LogP contribution in [0.25, 0.3) is 5.57 Å². The van der Waals surface area contributed by atoms with Crippen molar-refractivity contribution in [2.24, 2.45) is 5.92 Å². The summed E-state index contributed by atoms with van der Waals surface area (Å²) in [5.74, 6) is -6.76. The van der Waals surface area contributed by atoms with Gasteiger partial charge in [-0.3, -0.25) is 0 Å². The highest BCUT2D eigenvalue weighted by Gasteiger charge is 2.46. The lowest BCUT2D eigenvalue weighted by Crippen LogP contribution is -2.37. The topological polar surface area (TPSA) is 70.9 Å². The predicted octanol–water partition coefficient (Wildman–Crippen LogP) is 4.05. The Bertz CT molecular complexity index is 763. The molecule has 0 radical (unpaired) electrons. The third-order valence-corrected chi connectivity index (χ3v) is 4.86. The molecule has 0 aliphatic heterocycles. The summed E-state index contributed by atoms with van der Waals surface area (Å²) in [6.07, 6.45) is -6.83. The van der Waals surface area contributed by atoms with Crippen LogP contribution >= 0.6 is 0 Å². The molecule has 1 unspecified atom stereocenters. The van der Waals surface area contributed by atoms with Crippen LogP contribution in [0.4, 0.5) is 32.3 Å². The Labute approximate surface area is 157 Å². The monoisotopic (exact) mass is 410 g/mol. The number of rotatable bonds is 6. The van der Waals surface area contributed by atoms with Crippen LogP contribution in [0, 0.1) is 5.92 Å². The number of anilines is 1. The van der Waals surface area contributed by atoms with E-state index in [2.05, 4.69) is 20.3 Å². The van der Waals surface area contributed by atoms with E-state index in [0.717, 1.165) is 19.8 Å². The lowest BCUT2D eigenvalue weighted by molar-refractivity contribution is -0.171. The van der Waals surface area contributed by atoms with Crippen molar-refractivity contribution < 1.29 is 31.4 Å². The van der Waals surface area contributed by atoms with Gasteiger partial charge in [-0.25, -0.2) is 18.2 Å². The Morgan fingerprint density at radius 1 is 1.21 bits per heavy atom. The van der Waals surface area contributed by atoms with E-state index in [0.29, 0.717) is 0 Å². The molecule has 2 aliphatic rings. The van der Waals surface area contributed by atoms with Gasteiger partial charge in [0.2, 0.25) is 5.95 Å². The van der Waals surface area contributed by atoms with Gasteiger partial charge in [0.05, 0.1) is 5.92 Å². The van der Waals surface area contributed by atoms with Crippen LogP contribution < -0.4 is 5.32 Å². The zero-order valence-electron chi connectivity index (χ0n) is 15.0. The summed E-state index contributed by atoms with van der Waals surface area (Å²) in [6.45, 7) is 1.03. The average Bonchev–Trinajstić information content (AvgIpc) is 3.40. The van der Waals surface area contributed by atoms with Gasteiger partial charge in [-0.15, -0.1) is 0 Å². The minimum atomic E-state index is -4.36. The molecule has 0 spiro atoms. The quantitative estimate of drug-likeness (QED) is 0.693. The van der Waals surface area contributed by atoms with Crippen LogP contribution in [-0.2, 0) is 6.42 Å². The molecule has 2 aliphatic carbocycles. The van der Waals surface area contributed by atoms with E-state index in [1.54, 1.807) is 0 Å². The number of aliphatic hydroxyl groups is 1. The molecule has 1 heterocycles. The number of nitrogens with one attached hydrogen (secondary N) is 1. The maximum Gasteiger partial charge on any atom is 0.391 e. The van der Waals surface area contributed by atoms with E-state index in [9.17, 15) is 31.4 Å². The fraction of sp³-hybridized carbons (Fsp3) is 0.706. The fourth-order valence-corrected chi connectivity index (χ4v) is 2.77. The molecule has 1 aromatic rings. The molecule has 1 fully saturated rings. The lowest BCUT2D eigenvalue weighted by Gasteiger charge is -2.27. The Kier molecular flexibility index (Phi) is 5.57. The lowest BCUT2D eigenvalue weighted by atomic mass is 9.92. The third kappa shape index (κ3) is 4.73. The number of allylic oxidation sites excluding steroid dienone is 1. The summed E-state index contributed by atoms with van der Waals surface area (Å²) in [4.78, 5) is 12.1. The molecule has 0 saturated heterocycles. The van der Waals surface area contributed by atoms with Gasteiger partial charge in [0, 0.05) is 24.5 Å². The van der Waals surface area contributed by atoms with Crippen molar-refractivity contribution in [2.45, 2.75) is 69.7 Å². The molecule has 1 saturated carbocycles. The number of alkyl halides is 5. The molecule has 0 bridgehead atoms. The maximum absolute atomic E-state index is 14.3. The van der Waals surface area contributed by atoms with E-state index >= 15 is 0 Å². The van der Waals surface area contributed by atoms with Gasteiger partial charge in [0.15, 0.2) is 11.9 Å². The number of aryl methyl sites for hydroxylation is 1. The molecule has 1 aromatic heterocycles. The third-order valence-electron chi connectivity index (χ3n) is 4.86. The second-order valence-electron chi connectivity index (χ2n) is 7.29. The molecule has 0 amide bonds. The van der Waals surface area contributed by atoms with Crippen LogP contribution in [0.15, 0.2) is 5.83 Å². The molecule has 3 rings (SSSR count). The number of aliphatic hydroxyl groups excluding tert-OH is 1. The van der Waals surface area contributed by atoms with Crippen LogP contribution in [0.2, 0.25) is 0 Å². The summed E-state index contributed by atoms with van der Waals surface area (Å²) in [7, 11) is 0. The largest absolute Gasteiger partial charge is 0.391 e. The van der Waals surface area contributed by atoms with Crippen molar-refractivity contribution in [3.63, 3.8) is 0 Å². The van der Waals surface area contributed by atoms with Gasteiger partial charge in [-0.05, 0) is 25.7 Å². The smallest absolute Gasteiger partial charge is 0.380 e. The maximum atomic E-state index is 14.3. The van der Waals surface area contributed by atoms with Crippen molar-refractivity contribution in [3.05, 3.63) is 17.5 Å².